The van der Waals surface area contributed by atoms with Crippen molar-refractivity contribution in [3.63, 3.8) is 0 Å². The third-order valence-electron chi connectivity index (χ3n) is 3.70. The normalized spacial score (nSPS) is 13.9. The fourth-order valence-electron chi connectivity index (χ4n) is 2.32. The Hall–Kier alpha value is -2.68. The summed E-state index contributed by atoms with van der Waals surface area (Å²) in [7, 11) is 0. The fourth-order valence-corrected chi connectivity index (χ4v) is 2.32. The molecule has 0 aliphatic carbocycles. The Morgan fingerprint density at radius 2 is 1.88 bits per heavy atom. The number of rotatable bonds is 6. The van der Waals surface area contributed by atoms with Crippen LogP contribution in [0.4, 0.5) is 13.2 Å². The van der Waals surface area contributed by atoms with Crippen LogP contribution in [0.5, 0.6) is 0 Å². The molecule has 2 aromatic rings. The molecule has 0 spiro atoms. The molecule has 0 saturated heterocycles. The van der Waals surface area contributed by atoms with Crippen molar-refractivity contribution in [1.29, 1.82) is 5.41 Å². The molecule has 0 radical (unpaired) electrons. The van der Waals surface area contributed by atoms with Crippen LogP contribution >= 0.6 is 0 Å². The molecule has 140 valence electrons. The smallest absolute Gasteiger partial charge is 0.423 e. The summed E-state index contributed by atoms with van der Waals surface area (Å²) in [5, 5.41) is 21.7. The van der Waals surface area contributed by atoms with Crippen LogP contribution in [-0.4, -0.2) is 38.5 Å². The molecule has 9 heteroatoms. The van der Waals surface area contributed by atoms with E-state index in [2.05, 4.69) is 9.84 Å². The van der Waals surface area contributed by atoms with Crippen molar-refractivity contribution in [3.05, 3.63) is 42.2 Å². The van der Waals surface area contributed by atoms with Gasteiger partial charge in [0, 0.05) is 30.9 Å². The van der Waals surface area contributed by atoms with E-state index in [0.29, 0.717) is 6.54 Å². The number of ether oxygens (including phenoxy) is 1. The molecular formula is C17H18F3N3O3. The van der Waals surface area contributed by atoms with Gasteiger partial charge in [0.1, 0.15) is 0 Å². The maximum Gasteiger partial charge on any atom is 0.455 e. The number of halogens is 3. The third kappa shape index (κ3) is 4.29. The van der Waals surface area contributed by atoms with Crippen molar-refractivity contribution in [2.45, 2.75) is 38.8 Å². The number of aryl methyl sites for hydroxylation is 1. The Bertz CT molecular complexity index is 800. The van der Waals surface area contributed by atoms with Crippen LogP contribution in [0, 0.1) is 5.41 Å². The first-order valence-electron chi connectivity index (χ1n) is 7.75. The zero-order chi connectivity index (χ0) is 19.5. The van der Waals surface area contributed by atoms with Crippen molar-refractivity contribution in [1.82, 2.24) is 9.78 Å². The molecule has 2 rings (SSSR count). The third-order valence-corrected chi connectivity index (χ3v) is 3.70. The topological polar surface area (TPSA) is 88.2 Å². The first-order chi connectivity index (χ1) is 12.1. The molecule has 0 fully saturated rings. The zero-order valence-corrected chi connectivity index (χ0v) is 14.2. The van der Waals surface area contributed by atoms with E-state index >= 15 is 0 Å². The predicted octanol–water partition coefficient (Wildman–Crippen LogP) is 3.14. The Morgan fingerprint density at radius 3 is 2.35 bits per heavy atom. The number of nitrogens with zero attached hydrogens (tertiary/aromatic N) is 2. The predicted molar refractivity (Wildman–Crippen MR) is 87.6 cm³/mol. The maximum atomic E-state index is 13.0. The highest BCUT2D eigenvalue weighted by molar-refractivity contribution is 5.99. The van der Waals surface area contributed by atoms with E-state index < -0.39 is 30.1 Å². The minimum atomic E-state index is -5.22. The Labute approximate surface area is 147 Å². The Morgan fingerprint density at radius 1 is 1.27 bits per heavy atom. The number of carbonyl (C=O) groups is 1. The van der Waals surface area contributed by atoms with Gasteiger partial charge < -0.3 is 15.3 Å². The highest BCUT2D eigenvalue weighted by Crippen LogP contribution is 2.35. The van der Waals surface area contributed by atoms with Crippen molar-refractivity contribution in [2.24, 2.45) is 0 Å². The molecule has 0 bridgehead atoms. The summed E-state index contributed by atoms with van der Waals surface area (Å²) >= 11 is 0. The Kier molecular flexibility index (Phi) is 5.50. The van der Waals surface area contributed by atoms with E-state index in [1.807, 2.05) is 13.1 Å². The number of carbonyl (C=O) groups excluding carboxylic acids is 1. The highest BCUT2D eigenvalue weighted by Gasteiger charge is 2.57. The molecule has 1 unspecified atom stereocenters. The number of aromatic nitrogens is 2. The molecule has 1 heterocycles. The average molecular weight is 369 g/mol. The van der Waals surface area contributed by atoms with Gasteiger partial charge >= 0.3 is 17.9 Å². The lowest BCUT2D eigenvalue weighted by Crippen LogP contribution is -2.50. The monoisotopic (exact) mass is 369 g/mol. The van der Waals surface area contributed by atoms with Crippen LogP contribution in [0.2, 0.25) is 0 Å². The number of alkyl halides is 3. The number of hydrogen-bond acceptors (Lipinski definition) is 5. The second-order valence-electron chi connectivity index (χ2n) is 5.69. The summed E-state index contributed by atoms with van der Waals surface area (Å²) in [6.07, 6.45) is -2.95. The van der Waals surface area contributed by atoms with E-state index in [4.69, 9.17) is 5.41 Å². The van der Waals surface area contributed by atoms with Gasteiger partial charge in [0.05, 0.1) is 12.6 Å². The standard InChI is InChI=1S/C17H18F3N3O3/c1-3-23-10-14(9-22-23)12-4-6-13(7-5-12)15(21)8-16(25,17(18,19)20)26-11(2)24/h4-7,9-10,21,25H,3,8H2,1-2H3. The van der Waals surface area contributed by atoms with E-state index in [1.165, 1.54) is 12.1 Å². The van der Waals surface area contributed by atoms with Gasteiger partial charge in [-0.25, -0.2) is 0 Å². The molecule has 6 nitrogen and oxygen atoms in total. The number of aliphatic hydroxyl groups is 1. The van der Waals surface area contributed by atoms with Gasteiger partial charge in [-0.15, -0.1) is 0 Å². The van der Waals surface area contributed by atoms with Crippen molar-refractivity contribution in [2.75, 3.05) is 0 Å². The van der Waals surface area contributed by atoms with Crippen LogP contribution in [0.15, 0.2) is 36.7 Å². The fraction of sp³-hybridized carbons (Fsp3) is 0.353. The van der Waals surface area contributed by atoms with Gasteiger partial charge in [0.25, 0.3) is 0 Å². The van der Waals surface area contributed by atoms with Gasteiger partial charge in [-0.3, -0.25) is 9.48 Å². The lowest BCUT2D eigenvalue weighted by Gasteiger charge is -2.29. The van der Waals surface area contributed by atoms with E-state index in [-0.39, 0.29) is 5.56 Å². The zero-order valence-electron chi connectivity index (χ0n) is 14.2. The first-order valence-corrected chi connectivity index (χ1v) is 7.75. The molecule has 0 amide bonds. The molecule has 2 N–H and O–H groups in total. The molecule has 1 aromatic carbocycles. The number of benzene rings is 1. The lowest BCUT2D eigenvalue weighted by molar-refractivity contribution is -0.347. The van der Waals surface area contributed by atoms with Crippen molar-refractivity contribution < 1.29 is 27.8 Å². The number of hydrogen-bond donors (Lipinski definition) is 2. The summed E-state index contributed by atoms with van der Waals surface area (Å²) in [6, 6.07) is 6.20. The van der Waals surface area contributed by atoms with E-state index in [0.717, 1.165) is 18.1 Å². The summed E-state index contributed by atoms with van der Waals surface area (Å²) in [5.74, 6) is -5.03. The van der Waals surface area contributed by atoms with Gasteiger partial charge in [-0.05, 0) is 18.1 Å². The molecule has 0 saturated carbocycles. The van der Waals surface area contributed by atoms with Gasteiger partial charge in [-0.2, -0.15) is 18.3 Å². The van der Waals surface area contributed by atoms with Crippen LogP contribution in [0.25, 0.3) is 11.1 Å². The van der Waals surface area contributed by atoms with Crippen molar-refractivity contribution in [3.8, 4) is 11.1 Å². The molecule has 26 heavy (non-hydrogen) atoms. The SMILES string of the molecule is CCn1cc(-c2ccc(C(=N)CC(O)(OC(C)=O)C(F)(F)F)cc2)cn1. The quantitative estimate of drug-likeness (QED) is 0.465. The second-order valence-corrected chi connectivity index (χ2v) is 5.69. The van der Waals surface area contributed by atoms with Gasteiger partial charge in [-0.1, -0.05) is 24.3 Å². The van der Waals surface area contributed by atoms with Crippen LogP contribution < -0.4 is 0 Å². The summed E-state index contributed by atoms with van der Waals surface area (Å²) in [5.41, 5.74) is 1.28. The van der Waals surface area contributed by atoms with E-state index in [9.17, 15) is 23.1 Å². The van der Waals surface area contributed by atoms with Crippen molar-refractivity contribution >= 4 is 11.7 Å². The summed E-state index contributed by atoms with van der Waals surface area (Å²) in [4.78, 5) is 10.9. The lowest BCUT2D eigenvalue weighted by atomic mass is 9.99. The highest BCUT2D eigenvalue weighted by atomic mass is 19.4. The minimum absolute atomic E-state index is 0.173. The summed E-state index contributed by atoms with van der Waals surface area (Å²) < 4.78 is 44.9. The molecule has 0 aliphatic rings. The van der Waals surface area contributed by atoms with Gasteiger partial charge in [0.2, 0.25) is 0 Å². The molecule has 0 aliphatic heterocycles. The average Bonchev–Trinajstić information content (AvgIpc) is 3.02. The largest absolute Gasteiger partial charge is 0.455 e. The molecule has 1 atom stereocenters. The molecule has 1 aromatic heterocycles. The Balaban J connectivity index is 2.19. The van der Waals surface area contributed by atoms with E-state index in [1.54, 1.807) is 23.0 Å². The number of nitrogens with one attached hydrogen (secondary N) is 1. The minimum Gasteiger partial charge on any atom is -0.423 e. The summed E-state index contributed by atoms with van der Waals surface area (Å²) in [6.45, 7) is 3.40. The second kappa shape index (κ2) is 7.28. The van der Waals surface area contributed by atoms with Crippen LogP contribution in [0.1, 0.15) is 25.8 Å². The maximum absolute atomic E-state index is 13.0. The first kappa shape index (κ1) is 19.6. The van der Waals surface area contributed by atoms with Crippen LogP contribution in [-0.2, 0) is 16.1 Å². The van der Waals surface area contributed by atoms with Crippen LogP contribution in [0.3, 0.4) is 0 Å². The molecular weight excluding hydrogens is 351 g/mol. The number of esters is 1. The van der Waals surface area contributed by atoms with Gasteiger partial charge in [0.15, 0.2) is 0 Å².